The number of aliphatic carboxylic acids is 1. The molecule has 0 aromatic heterocycles. The SMILES string of the molecule is Cc1cc(F)c(C)c(C(N)C(=O)O)c1F. The zero-order valence-corrected chi connectivity index (χ0v) is 8.34. The molecule has 0 heterocycles. The Morgan fingerprint density at radius 1 is 1.47 bits per heavy atom. The number of hydrogen-bond donors (Lipinski definition) is 2. The maximum atomic E-state index is 13.5. The van der Waals surface area contributed by atoms with E-state index in [1.165, 1.54) is 13.8 Å². The van der Waals surface area contributed by atoms with E-state index in [1.54, 1.807) is 0 Å². The van der Waals surface area contributed by atoms with Gasteiger partial charge in [0.2, 0.25) is 0 Å². The van der Waals surface area contributed by atoms with Crippen LogP contribution in [0.1, 0.15) is 22.7 Å². The first kappa shape index (κ1) is 11.6. The Morgan fingerprint density at radius 2 is 2.00 bits per heavy atom. The minimum atomic E-state index is -1.54. The molecular formula is C10H11F2NO2. The summed E-state index contributed by atoms with van der Waals surface area (Å²) in [6.07, 6.45) is 0. The molecule has 5 heteroatoms. The third-order valence-electron chi connectivity index (χ3n) is 2.27. The molecule has 0 spiro atoms. The summed E-state index contributed by atoms with van der Waals surface area (Å²) in [4.78, 5) is 10.6. The van der Waals surface area contributed by atoms with E-state index in [0.29, 0.717) is 0 Å². The molecule has 0 aliphatic heterocycles. The molecule has 0 bridgehead atoms. The normalized spacial score (nSPS) is 12.6. The molecule has 1 aromatic rings. The van der Waals surface area contributed by atoms with E-state index in [1.807, 2.05) is 0 Å². The number of nitrogens with two attached hydrogens (primary N) is 1. The minimum absolute atomic E-state index is 0.0461. The first-order chi connectivity index (χ1) is 6.86. The molecule has 0 amide bonds. The molecule has 0 fully saturated rings. The van der Waals surface area contributed by atoms with Gasteiger partial charge in [0.1, 0.15) is 17.7 Å². The van der Waals surface area contributed by atoms with Gasteiger partial charge in [-0.15, -0.1) is 0 Å². The number of benzene rings is 1. The molecule has 1 rings (SSSR count). The summed E-state index contributed by atoms with van der Waals surface area (Å²) >= 11 is 0. The monoisotopic (exact) mass is 215 g/mol. The van der Waals surface area contributed by atoms with Crippen LogP contribution in [0.5, 0.6) is 0 Å². The Morgan fingerprint density at radius 3 is 2.47 bits per heavy atom. The lowest BCUT2D eigenvalue weighted by molar-refractivity contribution is -0.138. The Bertz CT molecular complexity index is 392. The Labute approximate surface area is 85.5 Å². The molecule has 0 radical (unpaired) electrons. The van der Waals surface area contributed by atoms with Crippen molar-refractivity contribution in [3.8, 4) is 0 Å². The Hall–Kier alpha value is -1.49. The number of rotatable bonds is 2. The maximum absolute atomic E-state index is 13.5. The van der Waals surface area contributed by atoms with E-state index >= 15 is 0 Å². The molecule has 0 aliphatic rings. The quantitative estimate of drug-likeness (QED) is 0.788. The van der Waals surface area contributed by atoms with E-state index in [0.717, 1.165) is 6.07 Å². The van der Waals surface area contributed by atoms with Crippen LogP contribution in [0.4, 0.5) is 8.78 Å². The van der Waals surface area contributed by atoms with Crippen molar-refractivity contribution in [3.05, 3.63) is 34.4 Å². The molecule has 1 atom stereocenters. The highest BCUT2D eigenvalue weighted by Gasteiger charge is 2.24. The summed E-state index contributed by atoms with van der Waals surface area (Å²) in [7, 11) is 0. The third kappa shape index (κ3) is 1.97. The summed E-state index contributed by atoms with van der Waals surface area (Å²) < 4.78 is 26.8. The summed E-state index contributed by atoms with van der Waals surface area (Å²) in [5, 5.41) is 8.65. The fourth-order valence-corrected chi connectivity index (χ4v) is 1.36. The molecular weight excluding hydrogens is 204 g/mol. The number of aryl methyl sites for hydroxylation is 1. The fourth-order valence-electron chi connectivity index (χ4n) is 1.36. The second kappa shape index (κ2) is 3.94. The predicted octanol–water partition coefficient (Wildman–Crippen LogP) is 1.67. The average Bonchev–Trinajstić information content (AvgIpc) is 2.15. The van der Waals surface area contributed by atoms with Crippen LogP contribution in [0.25, 0.3) is 0 Å². The summed E-state index contributed by atoms with van der Waals surface area (Å²) in [6, 6.07) is -0.526. The van der Waals surface area contributed by atoms with Crippen LogP contribution in [0, 0.1) is 25.5 Å². The van der Waals surface area contributed by atoms with Crippen molar-refractivity contribution >= 4 is 5.97 Å². The van der Waals surface area contributed by atoms with Gasteiger partial charge in [-0.2, -0.15) is 0 Å². The van der Waals surface area contributed by atoms with Crippen molar-refractivity contribution in [1.82, 2.24) is 0 Å². The van der Waals surface area contributed by atoms with Gasteiger partial charge in [-0.3, -0.25) is 4.79 Å². The third-order valence-corrected chi connectivity index (χ3v) is 2.27. The van der Waals surface area contributed by atoms with Crippen LogP contribution >= 0.6 is 0 Å². The fraction of sp³-hybridized carbons (Fsp3) is 0.300. The van der Waals surface area contributed by atoms with Gasteiger partial charge in [0.25, 0.3) is 0 Å². The van der Waals surface area contributed by atoms with Gasteiger partial charge in [-0.1, -0.05) is 0 Å². The second-order valence-corrected chi connectivity index (χ2v) is 3.34. The van der Waals surface area contributed by atoms with Gasteiger partial charge in [-0.05, 0) is 31.0 Å². The molecule has 0 saturated heterocycles. The van der Waals surface area contributed by atoms with E-state index in [4.69, 9.17) is 10.8 Å². The molecule has 1 aromatic carbocycles. The molecule has 0 aliphatic carbocycles. The van der Waals surface area contributed by atoms with E-state index in [9.17, 15) is 13.6 Å². The summed E-state index contributed by atoms with van der Waals surface area (Å²) in [5.41, 5.74) is 4.96. The topological polar surface area (TPSA) is 63.3 Å². The van der Waals surface area contributed by atoms with Crippen LogP contribution < -0.4 is 5.73 Å². The van der Waals surface area contributed by atoms with Gasteiger partial charge in [0, 0.05) is 5.56 Å². The number of hydrogen-bond acceptors (Lipinski definition) is 2. The van der Waals surface area contributed by atoms with E-state index in [2.05, 4.69) is 0 Å². The van der Waals surface area contributed by atoms with Gasteiger partial charge in [0.15, 0.2) is 0 Å². The number of carbonyl (C=O) groups is 1. The van der Waals surface area contributed by atoms with E-state index < -0.39 is 23.6 Å². The lowest BCUT2D eigenvalue weighted by Gasteiger charge is -2.13. The zero-order valence-electron chi connectivity index (χ0n) is 8.34. The lowest BCUT2D eigenvalue weighted by atomic mass is 9.98. The first-order valence-corrected chi connectivity index (χ1v) is 4.29. The van der Waals surface area contributed by atoms with Gasteiger partial charge in [0.05, 0.1) is 0 Å². The van der Waals surface area contributed by atoms with Crippen LogP contribution in [0.3, 0.4) is 0 Å². The highest BCUT2D eigenvalue weighted by atomic mass is 19.1. The number of halogens is 2. The highest BCUT2D eigenvalue weighted by molar-refractivity contribution is 5.76. The maximum Gasteiger partial charge on any atom is 0.325 e. The zero-order chi connectivity index (χ0) is 11.7. The molecule has 15 heavy (non-hydrogen) atoms. The van der Waals surface area contributed by atoms with Crippen LogP contribution in [0.2, 0.25) is 0 Å². The van der Waals surface area contributed by atoms with Crippen molar-refractivity contribution < 1.29 is 18.7 Å². The largest absolute Gasteiger partial charge is 0.480 e. The predicted molar refractivity (Wildman–Crippen MR) is 50.4 cm³/mol. The highest BCUT2D eigenvalue weighted by Crippen LogP contribution is 2.25. The smallest absolute Gasteiger partial charge is 0.325 e. The standard InChI is InChI=1S/C10H11F2NO2/c1-4-3-6(11)5(2)7(8(4)12)9(13)10(14)15/h3,9H,13H2,1-2H3,(H,14,15). The average molecular weight is 215 g/mol. The molecule has 0 saturated carbocycles. The van der Waals surface area contributed by atoms with Gasteiger partial charge < -0.3 is 10.8 Å². The van der Waals surface area contributed by atoms with Crippen LogP contribution in [-0.2, 0) is 4.79 Å². The van der Waals surface area contributed by atoms with E-state index in [-0.39, 0.29) is 16.7 Å². The molecule has 3 N–H and O–H groups in total. The van der Waals surface area contributed by atoms with Crippen molar-refractivity contribution in [2.75, 3.05) is 0 Å². The second-order valence-electron chi connectivity index (χ2n) is 3.34. The first-order valence-electron chi connectivity index (χ1n) is 4.29. The Kier molecular flexibility index (Phi) is 3.04. The van der Waals surface area contributed by atoms with Crippen molar-refractivity contribution in [2.24, 2.45) is 5.73 Å². The van der Waals surface area contributed by atoms with Gasteiger partial charge >= 0.3 is 5.97 Å². The van der Waals surface area contributed by atoms with Crippen molar-refractivity contribution in [2.45, 2.75) is 19.9 Å². The van der Waals surface area contributed by atoms with Crippen LogP contribution in [-0.4, -0.2) is 11.1 Å². The Balaban J connectivity index is 3.45. The number of carboxylic acids is 1. The van der Waals surface area contributed by atoms with Gasteiger partial charge in [-0.25, -0.2) is 8.78 Å². The lowest BCUT2D eigenvalue weighted by Crippen LogP contribution is -2.23. The molecule has 1 unspecified atom stereocenters. The van der Waals surface area contributed by atoms with Crippen molar-refractivity contribution in [1.29, 1.82) is 0 Å². The minimum Gasteiger partial charge on any atom is -0.480 e. The summed E-state index contributed by atoms with van der Waals surface area (Å²) in [5.74, 6) is -2.80. The molecule has 82 valence electrons. The van der Waals surface area contributed by atoms with Crippen LogP contribution in [0.15, 0.2) is 6.07 Å². The number of carboxylic acid groups (broad SMARTS) is 1. The molecule has 3 nitrogen and oxygen atoms in total. The van der Waals surface area contributed by atoms with Crippen molar-refractivity contribution in [3.63, 3.8) is 0 Å². The summed E-state index contributed by atoms with van der Waals surface area (Å²) in [6.45, 7) is 2.66.